The molecular formula is C12H15NO2. The molecule has 1 aromatic rings. The van der Waals surface area contributed by atoms with Crippen LogP contribution in [0, 0.1) is 0 Å². The molecule has 2 rings (SSSR count). The van der Waals surface area contributed by atoms with Crippen molar-refractivity contribution in [1.82, 2.24) is 5.32 Å². The summed E-state index contributed by atoms with van der Waals surface area (Å²) in [6.45, 7) is 1.82. The quantitative estimate of drug-likeness (QED) is 0.766. The number of hydrogen-bond donors (Lipinski definition) is 2. The van der Waals surface area contributed by atoms with Crippen molar-refractivity contribution in [3.05, 3.63) is 34.9 Å². The number of benzene rings is 1. The minimum absolute atomic E-state index is 0.130. The van der Waals surface area contributed by atoms with Crippen molar-refractivity contribution in [2.45, 2.75) is 25.8 Å². The Morgan fingerprint density at radius 1 is 1.47 bits per heavy atom. The second-order valence-corrected chi connectivity index (χ2v) is 3.91. The van der Waals surface area contributed by atoms with Gasteiger partial charge >= 0.3 is 5.97 Å². The van der Waals surface area contributed by atoms with Gasteiger partial charge in [-0.1, -0.05) is 18.2 Å². The fourth-order valence-corrected chi connectivity index (χ4v) is 2.09. The molecule has 0 saturated heterocycles. The number of aryl methyl sites for hydroxylation is 1. The molecule has 0 atom stereocenters. The highest BCUT2D eigenvalue weighted by Crippen LogP contribution is 2.19. The predicted molar refractivity (Wildman–Crippen MR) is 57.8 cm³/mol. The first kappa shape index (κ1) is 10.2. The van der Waals surface area contributed by atoms with E-state index >= 15 is 0 Å². The van der Waals surface area contributed by atoms with Gasteiger partial charge in [-0.05, 0) is 36.1 Å². The maximum atomic E-state index is 10.7. The van der Waals surface area contributed by atoms with E-state index in [-0.39, 0.29) is 6.42 Å². The number of fused-ring (bicyclic) bond motifs is 1. The Labute approximate surface area is 89.1 Å². The number of nitrogens with one attached hydrogen (secondary N) is 1. The fraction of sp³-hybridized carbons (Fsp3) is 0.417. The molecule has 15 heavy (non-hydrogen) atoms. The van der Waals surface area contributed by atoms with Gasteiger partial charge in [0.05, 0.1) is 6.42 Å². The van der Waals surface area contributed by atoms with E-state index in [1.807, 2.05) is 12.1 Å². The summed E-state index contributed by atoms with van der Waals surface area (Å²) in [4.78, 5) is 10.7. The van der Waals surface area contributed by atoms with Crippen molar-refractivity contribution in [3.63, 3.8) is 0 Å². The monoisotopic (exact) mass is 205 g/mol. The van der Waals surface area contributed by atoms with Crippen LogP contribution in [-0.4, -0.2) is 17.6 Å². The summed E-state index contributed by atoms with van der Waals surface area (Å²) in [5.41, 5.74) is 3.45. The van der Waals surface area contributed by atoms with Crippen LogP contribution in [0.3, 0.4) is 0 Å². The molecule has 1 aliphatic rings. The Balaban J connectivity index is 2.34. The van der Waals surface area contributed by atoms with Crippen LogP contribution in [0.2, 0.25) is 0 Å². The molecule has 0 amide bonds. The number of hydrogen-bond acceptors (Lipinski definition) is 2. The topological polar surface area (TPSA) is 49.3 Å². The second-order valence-electron chi connectivity index (χ2n) is 3.91. The average Bonchev–Trinajstić information content (AvgIpc) is 2.42. The fourth-order valence-electron chi connectivity index (χ4n) is 2.09. The van der Waals surface area contributed by atoms with Crippen LogP contribution >= 0.6 is 0 Å². The number of aliphatic carboxylic acids is 1. The van der Waals surface area contributed by atoms with Crippen molar-refractivity contribution >= 4 is 5.97 Å². The highest BCUT2D eigenvalue weighted by molar-refractivity contribution is 5.71. The molecule has 0 aromatic heterocycles. The second kappa shape index (κ2) is 4.45. The maximum Gasteiger partial charge on any atom is 0.307 e. The lowest BCUT2D eigenvalue weighted by Crippen LogP contribution is -2.14. The van der Waals surface area contributed by atoms with Crippen molar-refractivity contribution in [1.29, 1.82) is 0 Å². The molecule has 3 nitrogen and oxygen atoms in total. The zero-order valence-corrected chi connectivity index (χ0v) is 8.62. The Morgan fingerprint density at radius 3 is 3.13 bits per heavy atom. The third kappa shape index (κ3) is 2.36. The van der Waals surface area contributed by atoms with Crippen molar-refractivity contribution in [3.8, 4) is 0 Å². The van der Waals surface area contributed by atoms with Gasteiger partial charge in [0.25, 0.3) is 0 Å². The van der Waals surface area contributed by atoms with E-state index in [1.165, 1.54) is 11.1 Å². The molecule has 1 aliphatic heterocycles. The lowest BCUT2D eigenvalue weighted by Gasteiger charge is -2.10. The first-order valence-electron chi connectivity index (χ1n) is 5.29. The van der Waals surface area contributed by atoms with Crippen LogP contribution in [-0.2, 0) is 24.2 Å². The molecule has 2 N–H and O–H groups in total. The Hall–Kier alpha value is -1.35. The molecule has 0 unspecified atom stereocenters. The van der Waals surface area contributed by atoms with Gasteiger partial charge in [0.1, 0.15) is 0 Å². The molecule has 0 fully saturated rings. The first-order valence-corrected chi connectivity index (χ1v) is 5.29. The summed E-state index contributed by atoms with van der Waals surface area (Å²) in [6.07, 6.45) is 2.31. The van der Waals surface area contributed by atoms with E-state index in [9.17, 15) is 4.79 Å². The van der Waals surface area contributed by atoms with E-state index in [1.54, 1.807) is 0 Å². The van der Waals surface area contributed by atoms with Crippen LogP contribution in [0.4, 0.5) is 0 Å². The van der Waals surface area contributed by atoms with Crippen LogP contribution in [0.1, 0.15) is 23.1 Å². The van der Waals surface area contributed by atoms with Crippen LogP contribution < -0.4 is 5.32 Å². The predicted octanol–water partition coefficient (Wildman–Crippen LogP) is 1.35. The average molecular weight is 205 g/mol. The zero-order chi connectivity index (χ0) is 10.7. The molecule has 1 heterocycles. The number of rotatable bonds is 2. The minimum atomic E-state index is -0.757. The molecule has 0 aliphatic carbocycles. The van der Waals surface area contributed by atoms with Gasteiger partial charge < -0.3 is 10.4 Å². The number of carboxylic acid groups (broad SMARTS) is 1. The highest BCUT2D eigenvalue weighted by Gasteiger charge is 2.12. The Kier molecular flexibility index (Phi) is 3.02. The summed E-state index contributed by atoms with van der Waals surface area (Å²) in [6, 6.07) is 5.98. The molecular weight excluding hydrogens is 190 g/mol. The van der Waals surface area contributed by atoms with Gasteiger partial charge in [-0.2, -0.15) is 0 Å². The van der Waals surface area contributed by atoms with Crippen LogP contribution in [0.25, 0.3) is 0 Å². The number of carbonyl (C=O) groups is 1. The molecule has 0 radical (unpaired) electrons. The normalized spacial score (nSPS) is 15.5. The van der Waals surface area contributed by atoms with Crippen molar-refractivity contribution in [2.24, 2.45) is 0 Å². The van der Waals surface area contributed by atoms with Gasteiger partial charge in [-0.25, -0.2) is 0 Å². The first-order chi connectivity index (χ1) is 7.27. The third-order valence-electron chi connectivity index (χ3n) is 2.81. The van der Waals surface area contributed by atoms with Gasteiger partial charge in [-0.15, -0.1) is 0 Å². The van der Waals surface area contributed by atoms with Crippen LogP contribution in [0.15, 0.2) is 18.2 Å². The van der Waals surface area contributed by atoms with Gasteiger partial charge in [0.15, 0.2) is 0 Å². The largest absolute Gasteiger partial charge is 0.481 e. The third-order valence-corrected chi connectivity index (χ3v) is 2.81. The molecule has 0 bridgehead atoms. The van der Waals surface area contributed by atoms with E-state index < -0.39 is 5.97 Å². The summed E-state index contributed by atoms with van der Waals surface area (Å²) in [5.74, 6) is -0.757. The molecule has 0 saturated carbocycles. The summed E-state index contributed by atoms with van der Waals surface area (Å²) >= 11 is 0. The standard InChI is InChI=1S/C12H15NO2/c14-12(15)7-10-4-1-3-9-5-2-6-13-8-11(9)10/h1,3-4,13H,2,5-8H2,(H,14,15). The lowest BCUT2D eigenvalue weighted by atomic mass is 9.97. The molecule has 3 heteroatoms. The van der Waals surface area contributed by atoms with E-state index in [0.29, 0.717) is 0 Å². The highest BCUT2D eigenvalue weighted by atomic mass is 16.4. The van der Waals surface area contributed by atoms with E-state index in [0.717, 1.165) is 31.5 Å². The van der Waals surface area contributed by atoms with Crippen molar-refractivity contribution in [2.75, 3.05) is 6.54 Å². The Bertz CT molecular complexity index is 374. The maximum absolute atomic E-state index is 10.7. The van der Waals surface area contributed by atoms with Gasteiger partial charge in [0.2, 0.25) is 0 Å². The minimum Gasteiger partial charge on any atom is -0.481 e. The summed E-state index contributed by atoms with van der Waals surface area (Å²) in [7, 11) is 0. The van der Waals surface area contributed by atoms with Gasteiger partial charge in [-0.3, -0.25) is 4.79 Å². The SMILES string of the molecule is O=C(O)Cc1cccc2c1CNCCC2. The van der Waals surface area contributed by atoms with E-state index in [2.05, 4.69) is 11.4 Å². The Morgan fingerprint density at radius 2 is 2.33 bits per heavy atom. The zero-order valence-electron chi connectivity index (χ0n) is 8.62. The number of carboxylic acids is 1. The summed E-state index contributed by atoms with van der Waals surface area (Å²) < 4.78 is 0. The molecule has 0 spiro atoms. The van der Waals surface area contributed by atoms with Crippen LogP contribution in [0.5, 0.6) is 0 Å². The van der Waals surface area contributed by atoms with Crippen molar-refractivity contribution < 1.29 is 9.90 Å². The molecule has 1 aromatic carbocycles. The smallest absolute Gasteiger partial charge is 0.307 e. The lowest BCUT2D eigenvalue weighted by molar-refractivity contribution is -0.136. The van der Waals surface area contributed by atoms with Gasteiger partial charge in [0, 0.05) is 6.54 Å². The van der Waals surface area contributed by atoms with E-state index in [4.69, 9.17) is 5.11 Å². The molecule has 80 valence electrons. The summed E-state index contributed by atoms with van der Waals surface area (Å²) in [5, 5.41) is 12.1.